The van der Waals surface area contributed by atoms with Crippen molar-refractivity contribution in [1.82, 2.24) is 0 Å². The lowest BCUT2D eigenvalue weighted by molar-refractivity contribution is -0.672. The average molecular weight is 190 g/mol. The van der Waals surface area contributed by atoms with E-state index >= 15 is 0 Å². The summed E-state index contributed by atoms with van der Waals surface area (Å²) in [5.41, 5.74) is 1.30. The summed E-state index contributed by atoms with van der Waals surface area (Å²) in [6.45, 7) is 2.14. The molecule has 0 bridgehead atoms. The number of rotatable bonds is 1. The van der Waals surface area contributed by atoms with Crippen LogP contribution in [0.3, 0.4) is 0 Å². The van der Waals surface area contributed by atoms with E-state index in [-0.39, 0.29) is 0 Å². The Balaban J connectivity index is 2.48. The molecule has 2 heteroatoms. The first-order chi connectivity index (χ1) is 6.27. The largest absolute Gasteiger partial charge is 0.234 e. The minimum atomic E-state index is 1.30. The van der Waals surface area contributed by atoms with Crippen LogP contribution in [0.25, 0.3) is 10.4 Å². The zero-order chi connectivity index (χ0) is 9.26. The first kappa shape index (κ1) is 8.45. The Labute approximate surface area is 82.3 Å². The lowest BCUT2D eigenvalue weighted by Crippen LogP contribution is -2.27. The molecule has 0 radical (unpaired) electrons. The molecule has 1 aromatic heterocycles. The molecule has 0 atom stereocenters. The van der Waals surface area contributed by atoms with E-state index in [0.717, 1.165) is 0 Å². The molecule has 0 unspecified atom stereocenters. The van der Waals surface area contributed by atoms with Gasteiger partial charge in [0, 0.05) is 6.92 Å². The van der Waals surface area contributed by atoms with E-state index in [0.29, 0.717) is 0 Å². The minimum absolute atomic E-state index is 1.30. The van der Waals surface area contributed by atoms with Crippen LogP contribution in [-0.2, 0) is 7.05 Å². The summed E-state index contributed by atoms with van der Waals surface area (Å²) in [4.78, 5) is 1.33. The molecule has 0 fully saturated rings. The second-order valence-electron chi connectivity index (χ2n) is 3.09. The van der Waals surface area contributed by atoms with Gasteiger partial charge in [-0.3, -0.25) is 0 Å². The molecule has 1 nitrogen and oxygen atoms in total. The van der Waals surface area contributed by atoms with Crippen LogP contribution in [0.15, 0.2) is 36.5 Å². The summed E-state index contributed by atoms with van der Waals surface area (Å²) < 4.78 is 2.16. The molecule has 0 aliphatic carbocycles. The van der Waals surface area contributed by atoms with E-state index in [1.807, 2.05) is 17.4 Å². The summed E-state index contributed by atoms with van der Waals surface area (Å²) in [6.07, 6.45) is 2.18. The highest BCUT2D eigenvalue weighted by molar-refractivity contribution is 7.14. The van der Waals surface area contributed by atoms with E-state index in [9.17, 15) is 0 Å². The van der Waals surface area contributed by atoms with Gasteiger partial charge in [-0.1, -0.05) is 41.7 Å². The van der Waals surface area contributed by atoms with Gasteiger partial charge in [-0.05, 0) is 5.56 Å². The number of hydrogen-bond donors (Lipinski definition) is 0. The molecule has 1 aromatic carbocycles. The number of hydrogen-bond acceptors (Lipinski definition) is 1. The van der Waals surface area contributed by atoms with E-state index in [4.69, 9.17) is 0 Å². The van der Waals surface area contributed by atoms with Crippen molar-refractivity contribution in [3.63, 3.8) is 0 Å². The molecule has 1 heterocycles. The van der Waals surface area contributed by atoms with E-state index in [1.54, 1.807) is 0 Å². The molecule has 0 aliphatic rings. The lowest BCUT2D eigenvalue weighted by atomic mass is 10.2. The third kappa shape index (κ3) is 1.63. The van der Waals surface area contributed by atoms with Gasteiger partial charge in [0.15, 0.2) is 6.20 Å². The number of aromatic nitrogens is 1. The highest BCUT2D eigenvalue weighted by atomic mass is 32.1. The molecular formula is C11H12NS+. The molecule has 66 valence electrons. The maximum Gasteiger partial charge on any atom is 0.234 e. The fourth-order valence-corrected chi connectivity index (χ4v) is 2.24. The van der Waals surface area contributed by atoms with Crippen molar-refractivity contribution in [2.24, 2.45) is 7.05 Å². The van der Waals surface area contributed by atoms with Gasteiger partial charge >= 0.3 is 0 Å². The zero-order valence-corrected chi connectivity index (χ0v) is 8.64. The van der Waals surface area contributed by atoms with Crippen LogP contribution in [0.5, 0.6) is 0 Å². The van der Waals surface area contributed by atoms with Gasteiger partial charge in [-0.2, -0.15) is 4.57 Å². The predicted molar refractivity (Wildman–Crippen MR) is 55.7 cm³/mol. The van der Waals surface area contributed by atoms with Crippen molar-refractivity contribution >= 4 is 11.3 Å². The molecule has 0 saturated carbocycles. The quantitative estimate of drug-likeness (QED) is 0.608. The summed E-state index contributed by atoms with van der Waals surface area (Å²) >= 11 is 1.83. The van der Waals surface area contributed by atoms with Gasteiger partial charge in [-0.25, -0.2) is 0 Å². The monoisotopic (exact) mass is 190 g/mol. The number of aryl methyl sites for hydroxylation is 2. The van der Waals surface area contributed by atoms with Gasteiger partial charge in [-0.15, -0.1) is 0 Å². The third-order valence-electron chi connectivity index (χ3n) is 2.12. The molecule has 0 saturated heterocycles. The molecule has 0 aliphatic heterocycles. The van der Waals surface area contributed by atoms with Crippen LogP contribution in [0.2, 0.25) is 0 Å². The molecule has 0 spiro atoms. The van der Waals surface area contributed by atoms with Crippen molar-refractivity contribution in [2.45, 2.75) is 6.92 Å². The highest BCUT2D eigenvalue weighted by Crippen LogP contribution is 2.23. The Morgan fingerprint density at radius 2 is 1.85 bits per heavy atom. The topological polar surface area (TPSA) is 3.88 Å². The van der Waals surface area contributed by atoms with Crippen LogP contribution in [0.4, 0.5) is 0 Å². The van der Waals surface area contributed by atoms with Crippen LogP contribution < -0.4 is 4.57 Å². The fraction of sp³-hybridized carbons (Fsp3) is 0.182. The van der Waals surface area contributed by atoms with Crippen LogP contribution in [0.1, 0.15) is 5.01 Å². The summed E-state index contributed by atoms with van der Waals surface area (Å²) in [5, 5.41) is 1.33. The molecule has 0 amide bonds. The first-order valence-corrected chi connectivity index (χ1v) is 5.10. The Hall–Kier alpha value is -1.15. The van der Waals surface area contributed by atoms with E-state index in [2.05, 4.69) is 49.0 Å². The first-order valence-electron chi connectivity index (χ1n) is 4.29. The van der Waals surface area contributed by atoms with Crippen LogP contribution in [-0.4, -0.2) is 0 Å². The summed E-state index contributed by atoms with van der Waals surface area (Å²) in [6, 6.07) is 10.5. The van der Waals surface area contributed by atoms with Gasteiger partial charge in [0.2, 0.25) is 5.01 Å². The van der Waals surface area contributed by atoms with Gasteiger partial charge in [0.1, 0.15) is 11.9 Å². The second-order valence-corrected chi connectivity index (χ2v) is 4.33. The molecular weight excluding hydrogens is 178 g/mol. The van der Waals surface area contributed by atoms with Crippen molar-refractivity contribution < 1.29 is 4.57 Å². The highest BCUT2D eigenvalue weighted by Gasteiger charge is 2.09. The number of benzene rings is 1. The molecule has 0 N–H and O–H groups in total. The third-order valence-corrected chi connectivity index (χ3v) is 3.27. The maximum atomic E-state index is 2.18. The van der Waals surface area contributed by atoms with Crippen LogP contribution >= 0.6 is 11.3 Å². The summed E-state index contributed by atoms with van der Waals surface area (Å²) in [7, 11) is 2.08. The van der Waals surface area contributed by atoms with Crippen molar-refractivity contribution in [3.05, 3.63) is 41.5 Å². The second kappa shape index (κ2) is 3.30. The maximum absolute atomic E-state index is 2.18. The SMILES string of the molecule is Cc1sc(-c2ccccc2)c[n+]1C. The smallest absolute Gasteiger partial charge is 0.195 e. The van der Waals surface area contributed by atoms with Gasteiger partial charge in [0.05, 0.1) is 0 Å². The Morgan fingerprint density at radius 1 is 1.15 bits per heavy atom. The number of nitrogens with zero attached hydrogens (tertiary/aromatic N) is 1. The Kier molecular flexibility index (Phi) is 2.15. The lowest BCUT2D eigenvalue weighted by Gasteiger charge is -1.90. The fourth-order valence-electron chi connectivity index (χ4n) is 1.26. The standard InChI is InChI=1S/C11H12NS/c1-9-12(2)8-11(13-9)10-6-4-3-5-7-10/h3-8H,1-2H3/q+1. The van der Waals surface area contributed by atoms with Crippen molar-refractivity contribution in [3.8, 4) is 10.4 Å². The Bertz CT molecular complexity index is 384. The summed E-state index contributed by atoms with van der Waals surface area (Å²) in [5.74, 6) is 0. The molecule has 2 rings (SSSR count). The van der Waals surface area contributed by atoms with E-state index in [1.165, 1.54) is 15.4 Å². The zero-order valence-electron chi connectivity index (χ0n) is 7.82. The minimum Gasteiger partial charge on any atom is -0.195 e. The van der Waals surface area contributed by atoms with E-state index < -0.39 is 0 Å². The average Bonchev–Trinajstić information content (AvgIpc) is 2.49. The van der Waals surface area contributed by atoms with Gasteiger partial charge in [0.25, 0.3) is 0 Å². The molecule has 13 heavy (non-hydrogen) atoms. The van der Waals surface area contributed by atoms with Crippen molar-refractivity contribution in [2.75, 3.05) is 0 Å². The Morgan fingerprint density at radius 3 is 2.38 bits per heavy atom. The predicted octanol–water partition coefficient (Wildman–Crippen LogP) is 2.55. The number of thiazole rings is 1. The normalized spacial score (nSPS) is 10.3. The molecule has 2 aromatic rings. The van der Waals surface area contributed by atoms with Crippen molar-refractivity contribution in [1.29, 1.82) is 0 Å². The van der Waals surface area contributed by atoms with Crippen LogP contribution in [0, 0.1) is 6.92 Å². The van der Waals surface area contributed by atoms with Gasteiger partial charge < -0.3 is 0 Å².